The molecule has 0 bridgehead atoms. The summed E-state index contributed by atoms with van der Waals surface area (Å²) in [5.74, 6) is 0.240. The van der Waals surface area contributed by atoms with E-state index < -0.39 is 42.7 Å². The minimum atomic E-state index is -1.38. The molecule has 198 valence electrons. The molecule has 9 heteroatoms. The van der Waals surface area contributed by atoms with E-state index in [1.165, 1.54) is 0 Å². The van der Waals surface area contributed by atoms with Crippen LogP contribution in [0.15, 0.2) is 66.9 Å². The molecular weight excluding hydrogens is 488 g/mol. The largest absolute Gasteiger partial charge is 0.497 e. The molecular formula is C29H30N2O7. The van der Waals surface area contributed by atoms with E-state index in [9.17, 15) is 20.1 Å². The Morgan fingerprint density at radius 1 is 1.13 bits per heavy atom. The first-order valence-electron chi connectivity index (χ1n) is 12.6. The van der Waals surface area contributed by atoms with E-state index in [2.05, 4.69) is 35.6 Å². The minimum Gasteiger partial charge on any atom is -0.497 e. The van der Waals surface area contributed by atoms with Crippen molar-refractivity contribution in [3.05, 3.63) is 78.0 Å². The molecule has 0 aliphatic carbocycles. The minimum absolute atomic E-state index is 0.230. The Balaban J connectivity index is 1.36. The lowest BCUT2D eigenvalue weighted by Crippen LogP contribution is -2.71. The maximum absolute atomic E-state index is 13.8. The fourth-order valence-electron chi connectivity index (χ4n) is 5.67. The van der Waals surface area contributed by atoms with Crippen molar-refractivity contribution in [3.63, 3.8) is 0 Å². The molecule has 0 saturated carbocycles. The summed E-state index contributed by atoms with van der Waals surface area (Å²) in [6.07, 6.45) is -2.71. The summed E-state index contributed by atoms with van der Waals surface area (Å²) >= 11 is 0. The number of fused-ring (bicyclic) bond motifs is 3. The summed E-state index contributed by atoms with van der Waals surface area (Å²) in [5.41, 5.74) is 0.962. The van der Waals surface area contributed by atoms with Crippen LogP contribution in [-0.2, 0) is 16.0 Å². The standard InChI is InChI=1S/C29H30N2O7/c1-36-20-8-9-21-22(27(35)30-29-10-11-37-28(29)38-24(16-32)25(33)26(29)34)15-31(23(21)13-20)14-17-6-7-18-4-2-3-5-19(18)12-17/h2-9,12-13,15,24-26,28,32-34H,10-11,14,16H2,1H3,(H,30,35)/t24-,25-,26+,28?,29-/m1/s1. The quantitative estimate of drug-likeness (QED) is 0.309. The number of aliphatic hydroxyl groups excluding tert-OH is 3. The SMILES string of the molecule is COc1ccc2c(C(=O)N[C@@]34CCOC3O[C@H](CO)[C@@H](O)[C@@H]4O)cn(Cc3ccc4ccccc4c3)c2c1. The van der Waals surface area contributed by atoms with Gasteiger partial charge < -0.3 is 39.4 Å². The van der Waals surface area contributed by atoms with Crippen LogP contribution in [0, 0.1) is 0 Å². The molecule has 4 N–H and O–H groups in total. The second-order valence-electron chi connectivity index (χ2n) is 9.98. The highest BCUT2D eigenvalue weighted by Gasteiger charge is 2.59. The highest BCUT2D eigenvalue weighted by atomic mass is 16.7. The second-order valence-corrected chi connectivity index (χ2v) is 9.98. The van der Waals surface area contributed by atoms with Gasteiger partial charge in [0.1, 0.15) is 29.6 Å². The van der Waals surface area contributed by atoms with Gasteiger partial charge in [-0.25, -0.2) is 0 Å². The zero-order valence-corrected chi connectivity index (χ0v) is 20.9. The zero-order chi connectivity index (χ0) is 26.4. The van der Waals surface area contributed by atoms with Crippen molar-refractivity contribution in [2.45, 2.75) is 43.1 Å². The third kappa shape index (κ3) is 4.03. The predicted molar refractivity (Wildman–Crippen MR) is 140 cm³/mol. The molecule has 0 radical (unpaired) electrons. The number of benzene rings is 3. The monoisotopic (exact) mass is 518 g/mol. The number of ether oxygens (including phenoxy) is 3. The highest BCUT2D eigenvalue weighted by Crippen LogP contribution is 2.38. The van der Waals surface area contributed by atoms with Crippen LogP contribution in [0.2, 0.25) is 0 Å². The van der Waals surface area contributed by atoms with Crippen LogP contribution in [0.25, 0.3) is 21.7 Å². The number of nitrogens with one attached hydrogen (secondary N) is 1. The van der Waals surface area contributed by atoms with Crippen LogP contribution in [0.5, 0.6) is 5.75 Å². The second kappa shape index (κ2) is 9.68. The Morgan fingerprint density at radius 3 is 2.74 bits per heavy atom. The first-order chi connectivity index (χ1) is 18.4. The molecule has 2 saturated heterocycles. The van der Waals surface area contributed by atoms with Crippen molar-refractivity contribution < 1.29 is 34.3 Å². The number of hydrogen-bond acceptors (Lipinski definition) is 7. The van der Waals surface area contributed by atoms with Crippen molar-refractivity contribution in [3.8, 4) is 5.75 Å². The van der Waals surface area contributed by atoms with Gasteiger partial charge in [-0.3, -0.25) is 4.79 Å². The number of carbonyl (C=O) groups excluding carboxylic acids is 1. The Kier molecular flexibility index (Phi) is 6.33. The van der Waals surface area contributed by atoms with E-state index in [4.69, 9.17) is 14.2 Å². The van der Waals surface area contributed by atoms with Gasteiger partial charge >= 0.3 is 0 Å². The predicted octanol–water partition coefficient (Wildman–Crippen LogP) is 2.18. The number of hydrogen-bond donors (Lipinski definition) is 4. The third-order valence-corrected chi connectivity index (χ3v) is 7.76. The molecule has 2 aliphatic rings. The van der Waals surface area contributed by atoms with Crippen LogP contribution in [0.3, 0.4) is 0 Å². The molecule has 9 nitrogen and oxygen atoms in total. The molecule has 0 spiro atoms. The number of aliphatic hydroxyl groups is 3. The van der Waals surface area contributed by atoms with Gasteiger partial charge in [0.05, 0.1) is 31.4 Å². The smallest absolute Gasteiger partial charge is 0.254 e. The maximum Gasteiger partial charge on any atom is 0.254 e. The molecule has 3 aromatic carbocycles. The van der Waals surface area contributed by atoms with Crippen LogP contribution in [-0.4, -0.2) is 76.3 Å². The lowest BCUT2D eigenvalue weighted by molar-refractivity contribution is -0.269. The van der Waals surface area contributed by atoms with Gasteiger partial charge in [-0.15, -0.1) is 0 Å². The topological polar surface area (TPSA) is 122 Å². The zero-order valence-electron chi connectivity index (χ0n) is 20.9. The average Bonchev–Trinajstić information content (AvgIpc) is 3.52. The molecule has 38 heavy (non-hydrogen) atoms. The van der Waals surface area contributed by atoms with Crippen molar-refractivity contribution in [2.75, 3.05) is 20.3 Å². The van der Waals surface area contributed by atoms with Crippen molar-refractivity contribution in [1.29, 1.82) is 0 Å². The Morgan fingerprint density at radius 2 is 1.95 bits per heavy atom. The number of rotatable bonds is 6. The molecule has 5 atom stereocenters. The number of carbonyl (C=O) groups is 1. The molecule has 2 aliphatic heterocycles. The molecule has 2 fully saturated rings. The van der Waals surface area contributed by atoms with E-state index in [1.54, 1.807) is 19.4 Å². The van der Waals surface area contributed by atoms with Gasteiger partial charge in [-0.1, -0.05) is 36.4 Å². The lowest BCUT2D eigenvalue weighted by atomic mass is 9.82. The number of methoxy groups -OCH3 is 1. The third-order valence-electron chi connectivity index (χ3n) is 7.76. The number of amides is 1. The summed E-state index contributed by atoms with van der Waals surface area (Å²) in [5, 5.41) is 37.0. The maximum atomic E-state index is 13.8. The van der Waals surface area contributed by atoms with E-state index in [1.807, 2.05) is 28.8 Å². The average molecular weight is 519 g/mol. The van der Waals surface area contributed by atoms with Crippen LogP contribution in [0.4, 0.5) is 0 Å². The van der Waals surface area contributed by atoms with E-state index in [0.717, 1.165) is 27.2 Å². The fourth-order valence-corrected chi connectivity index (χ4v) is 5.67. The van der Waals surface area contributed by atoms with E-state index >= 15 is 0 Å². The van der Waals surface area contributed by atoms with Gasteiger partial charge in [0, 0.05) is 30.6 Å². The van der Waals surface area contributed by atoms with Crippen LogP contribution in [0.1, 0.15) is 22.3 Å². The first kappa shape index (κ1) is 24.8. The normalized spacial score (nSPS) is 26.9. The Bertz CT molecular complexity index is 1500. The Hall–Kier alpha value is -3.47. The molecule has 1 aromatic heterocycles. The summed E-state index contributed by atoms with van der Waals surface area (Å²) in [6.45, 7) is 0.279. The number of aromatic nitrogens is 1. The summed E-state index contributed by atoms with van der Waals surface area (Å²) < 4.78 is 18.8. The van der Waals surface area contributed by atoms with Gasteiger partial charge in [0.15, 0.2) is 6.29 Å². The van der Waals surface area contributed by atoms with E-state index in [0.29, 0.717) is 17.9 Å². The summed E-state index contributed by atoms with van der Waals surface area (Å²) in [4.78, 5) is 13.8. The van der Waals surface area contributed by atoms with E-state index in [-0.39, 0.29) is 13.0 Å². The molecule has 1 unspecified atom stereocenters. The first-order valence-corrected chi connectivity index (χ1v) is 12.6. The van der Waals surface area contributed by atoms with Gasteiger partial charge in [0.25, 0.3) is 5.91 Å². The molecule has 4 aromatic rings. The highest BCUT2D eigenvalue weighted by molar-refractivity contribution is 6.07. The van der Waals surface area contributed by atoms with Gasteiger partial charge in [0.2, 0.25) is 0 Å². The molecule has 3 heterocycles. The Labute approximate surface area is 219 Å². The fraction of sp³-hybridized carbons (Fsp3) is 0.345. The van der Waals surface area contributed by atoms with Gasteiger partial charge in [-0.05, 0) is 34.5 Å². The summed E-state index contributed by atoms with van der Waals surface area (Å²) in [7, 11) is 1.60. The van der Waals surface area contributed by atoms with Crippen LogP contribution < -0.4 is 10.1 Å². The lowest BCUT2D eigenvalue weighted by Gasteiger charge is -2.47. The number of nitrogens with zero attached hydrogens (tertiary/aromatic N) is 1. The molecule has 1 amide bonds. The van der Waals surface area contributed by atoms with Crippen molar-refractivity contribution in [1.82, 2.24) is 9.88 Å². The van der Waals surface area contributed by atoms with Crippen molar-refractivity contribution >= 4 is 27.6 Å². The van der Waals surface area contributed by atoms with Crippen LogP contribution >= 0.6 is 0 Å². The molecule has 6 rings (SSSR count). The van der Waals surface area contributed by atoms with Gasteiger partial charge in [-0.2, -0.15) is 0 Å². The summed E-state index contributed by atoms with van der Waals surface area (Å²) in [6, 6.07) is 20.0. The van der Waals surface area contributed by atoms with Crippen molar-refractivity contribution in [2.24, 2.45) is 0 Å².